The van der Waals surface area contributed by atoms with Gasteiger partial charge in [-0.05, 0) is 56.6 Å². The van der Waals surface area contributed by atoms with Gasteiger partial charge in [-0.1, -0.05) is 0 Å². The van der Waals surface area contributed by atoms with Gasteiger partial charge in [-0.15, -0.1) is 0 Å². The minimum atomic E-state index is -0.764. The fourth-order valence-electron chi connectivity index (χ4n) is 2.51. The molecule has 1 fully saturated rings. The highest BCUT2D eigenvalue weighted by Gasteiger charge is 2.40. The quantitative estimate of drug-likeness (QED) is 0.820. The molecule has 1 heterocycles. The van der Waals surface area contributed by atoms with Crippen LogP contribution in [0.15, 0.2) is 18.2 Å². The molecule has 1 aliphatic rings. The molecule has 0 spiro atoms. The van der Waals surface area contributed by atoms with Crippen molar-refractivity contribution < 1.29 is 13.9 Å². The molecular weight excluding hydrogens is 247 g/mol. The first kappa shape index (κ1) is 13.8. The Morgan fingerprint density at radius 1 is 1.37 bits per heavy atom. The maximum Gasteiger partial charge on any atom is 0.331 e. The lowest BCUT2D eigenvalue weighted by Gasteiger charge is -2.36. The van der Waals surface area contributed by atoms with Crippen molar-refractivity contribution in [1.82, 2.24) is 5.32 Å². The highest BCUT2D eigenvalue weighted by atomic mass is 19.1. The number of carbonyl (C=O) groups is 1. The van der Waals surface area contributed by atoms with Crippen LogP contribution >= 0.6 is 0 Å². The van der Waals surface area contributed by atoms with Crippen LogP contribution in [0.4, 0.5) is 10.1 Å². The lowest BCUT2D eigenvalue weighted by atomic mass is 9.88. The summed E-state index contributed by atoms with van der Waals surface area (Å²) in [5.41, 5.74) is 0.668. The van der Waals surface area contributed by atoms with Gasteiger partial charge in [0.1, 0.15) is 11.4 Å². The minimum Gasteiger partial charge on any atom is -0.467 e. The van der Waals surface area contributed by atoms with Crippen LogP contribution in [0, 0.1) is 12.7 Å². The molecule has 104 valence electrons. The number of ether oxygens (including phenoxy) is 1. The van der Waals surface area contributed by atoms with E-state index in [4.69, 9.17) is 4.74 Å². The predicted molar refractivity (Wildman–Crippen MR) is 71.6 cm³/mol. The van der Waals surface area contributed by atoms with Crippen LogP contribution in [0.2, 0.25) is 0 Å². The summed E-state index contributed by atoms with van der Waals surface area (Å²) in [6, 6.07) is 4.69. The monoisotopic (exact) mass is 266 g/mol. The van der Waals surface area contributed by atoms with E-state index in [9.17, 15) is 9.18 Å². The Bertz CT molecular complexity index is 450. The van der Waals surface area contributed by atoms with Gasteiger partial charge in [0.25, 0.3) is 0 Å². The third-order valence-electron chi connectivity index (χ3n) is 3.46. The van der Waals surface area contributed by atoms with Gasteiger partial charge in [-0.25, -0.2) is 9.18 Å². The van der Waals surface area contributed by atoms with Gasteiger partial charge in [0.15, 0.2) is 0 Å². The first-order chi connectivity index (χ1) is 9.05. The second-order valence-electron chi connectivity index (χ2n) is 4.97. The van der Waals surface area contributed by atoms with E-state index in [1.165, 1.54) is 19.2 Å². The zero-order valence-corrected chi connectivity index (χ0v) is 11.3. The summed E-state index contributed by atoms with van der Waals surface area (Å²) in [6.45, 7) is 3.29. The van der Waals surface area contributed by atoms with E-state index >= 15 is 0 Å². The number of esters is 1. The van der Waals surface area contributed by atoms with Crippen LogP contribution in [0.5, 0.6) is 0 Å². The molecule has 0 aliphatic carbocycles. The number of hydrogen-bond donors (Lipinski definition) is 2. The molecule has 0 atom stereocenters. The molecular formula is C14H19FN2O2. The van der Waals surface area contributed by atoms with Gasteiger partial charge in [0, 0.05) is 5.69 Å². The number of hydrogen-bond acceptors (Lipinski definition) is 4. The zero-order chi connectivity index (χ0) is 13.9. The number of rotatable bonds is 3. The van der Waals surface area contributed by atoms with E-state index < -0.39 is 5.54 Å². The van der Waals surface area contributed by atoms with Crippen molar-refractivity contribution in [3.05, 3.63) is 29.6 Å². The number of aryl methyl sites for hydroxylation is 1. The van der Waals surface area contributed by atoms with E-state index in [0.29, 0.717) is 18.5 Å². The summed E-state index contributed by atoms with van der Waals surface area (Å²) < 4.78 is 18.3. The molecule has 0 bridgehead atoms. The third kappa shape index (κ3) is 3.04. The maximum atomic E-state index is 13.4. The number of halogens is 1. The molecule has 1 aromatic rings. The Morgan fingerprint density at radius 2 is 2.05 bits per heavy atom. The number of piperidine rings is 1. The van der Waals surface area contributed by atoms with Crippen LogP contribution in [0.1, 0.15) is 18.4 Å². The van der Waals surface area contributed by atoms with Crippen LogP contribution in [-0.4, -0.2) is 31.7 Å². The van der Waals surface area contributed by atoms with E-state index in [0.717, 1.165) is 18.7 Å². The van der Waals surface area contributed by atoms with Gasteiger partial charge in [-0.2, -0.15) is 0 Å². The zero-order valence-electron chi connectivity index (χ0n) is 11.3. The van der Waals surface area contributed by atoms with Crippen molar-refractivity contribution in [3.8, 4) is 0 Å². The first-order valence-electron chi connectivity index (χ1n) is 6.40. The summed E-state index contributed by atoms with van der Waals surface area (Å²) >= 11 is 0. The van der Waals surface area contributed by atoms with Crippen molar-refractivity contribution in [2.24, 2.45) is 0 Å². The molecule has 5 heteroatoms. The summed E-state index contributed by atoms with van der Waals surface area (Å²) in [7, 11) is 1.38. The maximum absolute atomic E-state index is 13.4. The molecule has 2 N–H and O–H groups in total. The second-order valence-corrected chi connectivity index (χ2v) is 4.97. The summed E-state index contributed by atoms with van der Waals surface area (Å²) in [5, 5.41) is 6.38. The van der Waals surface area contributed by atoms with Crippen LogP contribution in [0.25, 0.3) is 0 Å². The second kappa shape index (κ2) is 5.57. The number of benzene rings is 1. The molecule has 1 saturated heterocycles. The molecule has 4 nitrogen and oxygen atoms in total. The normalized spacial score (nSPS) is 17.8. The average molecular weight is 266 g/mol. The van der Waals surface area contributed by atoms with E-state index in [1.807, 2.05) is 13.0 Å². The highest BCUT2D eigenvalue weighted by molar-refractivity contribution is 5.84. The topological polar surface area (TPSA) is 50.4 Å². The SMILES string of the molecule is COC(=O)C1(Nc2cc(C)cc(F)c2)CCNCC1. The van der Waals surface area contributed by atoms with Gasteiger partial charge in [-0.3, -0.25) is 0 Å². The molecule has 0 aromatic heterocycles. The molecule has 1 aromatic carbocycles. The van der Waals surface area contributed by atoms with Crippen molar-refractivity contribution in [1.29, 1.82) is 0 Å². The predicted octanol–water partition coefficient (Wildman–Crippen LogP) is 1.84. The molecule has 19 heavy (non-hydrogen) atoms. The highest BCUT2D eigenvalue weighted by Crippen LogP contribution is 2.26. The van der Waals surface area contributed by atoms with Crippen LogP contribution < -0.4 is 10.6 Å². The fourth-order valence-corrected chi connectivity index (χ4v) is 2.51. The van der Waals surface area contributed by atoms with Gasteiger partial charge in [0.2, 0.25) is 0 Å². The number of nitrogens with one attached hydrogen (secondary N) is 2. The third-order valence-corrected chi connectivity index (χ3v) is 3.46. The summed E-state index contributed by atoms with van der Waals surface area (Å²) in [6.07, 6.45) is 1.24. The van der Waals surface area contributed by atoms with Gasteiger partial charge in [0.05, 0.1) is 7.11 Å². The minimum absolute atomic E-state index is 0.295. The number of anilines is 1. The Kier molecular flexibility index (Phi) is 4.04. The standard InChI is InChI=1S/C14H19FN2O2/c1-10-7-11(15)9-12(8-10)17-14(13(18)19-2)3-5-16-6-4-14/h7-9,16-17H,3-6H2,1-2H3. The van der Waals surface area contributed by atoms with Crippen molar-refractivity contribution in [2.75, 3.05) is 25.5 Å². The number of methoxy groups -OCH3 is 1. The van der Waals surface area contributed by atoms with E-state index in [1.54, 1.807) is 0 Å². The summed E-state index contributed by atoms with van der Waals surface area (Å²) in [5.74, 6) is -0.604. The van der Waals surface area contributed by atoms with Gasteiger partial charge >= 0.3 is 5.97 Å². The Hall–Kier alpha value is -1.62. The van der Waals surface area contributed by atoms with Gasteiger partial charge < -0.3 is 15.4 Å². The smallest absolute Gasteiger partial charge is 0.331 e. The van der Waals surface area contributed by atoms with E-state index in [-0.39, 0.29) is 11.8 Å². The number of carbonyl (C=O) groups excluding carboxylic acids is 1. The first-order valence-corrected chi connectivity index (χ1v) is 6.40. The molecule has 0 saturated carbocycles. The lowest BCUT2D eigenvalue weighted by molar-refractivity contribution is -0.147. The molecule has 0 unspecified atom stereocenters. The lowest BCUT2D eigenvalue weighted by Crippen LogP contribution is -2.54. The van der Waals surface area contributed by atoms with Crippen molar-refractivity contribution in [2.45, 2.75) is 25.3 Å². The van der Waals surface area contributed by atoms with Crippen LogP contribution in [0.3, 0.4) is 0 Å². The molecule has 0 radical (unpaired) electrons. The largest absolute Gasteiger partial charge is 0.467 e. The Balaban J connectivity index is 2.27. The molecule has 2 rings (SSSR count). The van der Waals surface area contributed by atoms with E-state index in [2.05, 4.69) is 10.6 Å². The average Bonchev–Trinajstić information content (AvgIpc) is 2.37. The molecule has 1 aliphatic heterocycles. The van der Waals surface area contributed by atoms with Crippen molar-refractivity contribution >= 4 is 11.7 Å². The van der Waals surface area contributed by atoms with Crippen molar-refractivity contribution in [3.63, 3.8) is 0 Å². The fraction of sp³-hybridized carbons (Fsp3) is 0.500. The Labute approximate surface area is 112 Å². The van der Waals surface area contributed by atoms with Crippen LogP contribution in [-0.2, 0) is 9.53 Å². The molecule has 0 amide bonds. The summed E-state index contributed by atoms with van der Waals surface area (Å²) in [4.78, 5) is 12.1. The Morgan fingerprint density at radius 3 is 2.63 bits per heavy atom.